The molecule has 1 amide bonds. The third-order valence-corrected chi connectivity index (χ3v) is 4.81. The highest BCUT2D eigenvalue weighted by Gasteiger charge is 2.16. The molecule has 0 spiro atoms. The number of rotatable bonds is 8. The predicted octanol–water partition coefficient (Wildman–Crippen LogP) is 4.79. The molecule has 8 heteroatoms. The second kappa shape index (κ2) is 9.56. The number of halogens is 1. The summed E-state index contributed by atoms with van der Waals surface area (Å²) in [6.45, 7) is 4.34. The first-order valence-corrected chi connectivity index (χ1v) is 10.00. The molecule has 1 aromatic heterocycles. The molecule has 7 nitrogen and oxygen atoms in total. The fourth-order valence-corrected chi connectivity index (χ4v) is 3.38. The number of methoxy groups -OCH3 is 1. The summed E-state index contributed by atoms with van der Waals surface area (Å²) in [4.78, 5) is 16.6. The minimum Gasteiger partial charge on any atom is -0.492 e. The minimum absolute atomic E-state index is 0.107. The molecular formula is C21H22BrN3O4. The number of nitrogens with zero attached hydrogens (tertiary/aromatic N) is 2. The van der Waals surface area contributed by atoms with Gasteiger partial charge in [-0.2, -0.15) is 4.98 Å². The van der Waals surface area contributed by atoms with Crippen molar-refractivity contribution < 1.29 is 18.8 Å². The molecule has 0 saturated carbocycles. The molecule has 0 saturated heterocycles. The number of benzene rings is 2. The number of para-hydroxylation sites is 1. The second-order valence-corrected chi connectivity index (χ2v) is 7.15. The highest BCUT2D eigenvalue weighted by molar-refractivity contribution is 9.10. The van der Waals surface area contributed by atoms with Crippen LogP contribution in [0.2, 0.25) is 0 Å². The van der Waals surface area contributed by atoms with E-state index in [-0.39, 0.29) is 12.3 Å². The molecule has 1 N–H and O–H groups in total. The lowest BCUT2D eigenvalue weighted by atomic mass is 10.2. The molecule has 0 aliphatic heterocycles. The Balaban J connectivity index is 1.68. The largest absolute Gasteiger partial charge is 0.492 e. The van der Waals surface area contributed by atoms with Gasteiger partial charge in [0.15, 0.2) is 11.5 Å². The monoisotopic (exact) mass is 459 g/mol. The molecular weight excluding hydrogens is 438 g/mol. The average molecular weight is 460 g/mol. The SMILES string of the molecule is CCOc1cc(-c2noc(CCC(=O)Nc3ccccc3C)n2)cc(Br)c1OC. The van der Waals surface area contributed by atoms with E-state index in [1.807, 2.05) is 44.2 Å². The third-order valence-electron chi connectivity index (χ3n) is 4.22. The number of aryl methyl sites for hydroxylation is 2. The quantitative estimate of drug-likeness (QED) is 0.521. The number of ether oxygens (including phenoxy) is 2. The zero-order valence-corrected chi connectivity index (χ0v) is 18.1. The van der Waals surface area contributed by atoms with Crippen LogP contribution in [-0.2, 0) is 11.2 Å². The van der Waals surface area contributed by atoms with Gasteiger partial charge in [0.1, 0.15) is 0 Å². The Morgan fingerprint density at radius 2 is 2.07 bits per heavy atom. The fourth-order valence-electron chi connectivity index (χ4n) is 2.78. The number of hydrogen-bond acceptors (Lipinski definition) is 6. The fraction of sp³-hybridized carbons (Fsp3) is 0.286. The van der Waals surface area contributed by atoms with Crippen LogP contribution in [0.3, 0.4) is 0 Å². The van der Waals surface area contributed by atoms with Gasteiger partial charge in [0.25, 0.3) is 0 Å². The van der Waals surface area contributed by atoms with E-state index in [1.165, 1.54) is 0 Å². The van der Waals surface area contributed by atoms with Crippen LogP contribution in [0.25, 0.3) is 11.4 Å². The average Bonchev–Trinajstić information content (AvgIpc) is 3.17. The first kappa shape index (κ1) is 20.9. The summed E-state index contributed by atoms with van der Waals surface area (Å²) in [6.07, 6.45) is 0.590. The number of anilines is 1. The van der Waals surface area contributed by atoms with Crippen LogP contribution < -0.4 is 14.8 Å². The van der Waals surface area contributed by atoms with Crippen molar-refractivity contribution in [3.05, 3.63) is 52.3 Å². The van der Waals surface area contributed by atoms with E-state index < -0.39 is 0 Å². The Morgan fingerprint density at radius 3 is 2.79 bits per heavy atom. The number of amides is 1. The normalized spacial score (nSPS) is 10.6. The lowest BCUT2D eigenvalue weighted by Crippen LogP contribution is -2.13. The molecule has 0 unspecified atom stereocenters. The van der Waals surface area contributed by atoms with Crippen molar-refractivity contribution in [1.82, 2.24) is 10.1 Å². The van der Waals surface area contributed by atoms with Crippen molar-refractivity contribution in [2.75, 3.05) is 19.0 Å². The Kier molecular flexibility index (Phi) is 6.87. The van der Waals surface area contributed by atoms with E-state index in [0.717, 1.165) is 21.3 Å². The summed E-state index contributed by atoms with van der Waals surface area (Å²) >= 11 is 3.48. The molecule has 0 aliphatic rings. The molecule has 0 atom stereocenters. The van der Waals surface area contributed by atoms with Gasteiger partial charge in [0, 0.05) is 24.1 Å². The molecule has 0 aliphatic carbocycles. The second-order valence-electron chi connectivity index (χ2n) is 6.30. The van der Waals surface area contributed by atoms with Gasteiger partial charge in [-0.25, -0.2) is 0 Å². The molecule has 0 fully saturated rings. The van der Waals surface area contributed by atoms with Crippen LogP contribution in [0.1, 0.15) is 24.8 Å². The van der Waals surface area contributed by atoms with E-state index in [0.29, 0.717) is 36.2 Å². The van der Waals surface area contributed by atoms with Crippen LogP contribution in [0, 0.1) is 6.92 Å². The van der Waals surface area contributed by atoms with Crippen molar-refractivity contribution in [3.8, 4) is 22.9 Å². The number of carbonyl (C=O) groups excluding carboxylic acids is 1. The molecule has 0 radical (unpaired) electrons. The van der Waals surface area contributed by atoms with E-state index >= 15 is 0 Å². The molecule has 1 heterocycles. The van der Waals surface area contributed by atoms with Crippen molar-refractivity contribution >= 4 is 27.5 Å². The first-order chi connectivity index (χ1) is 14.0. The van der Waals surface area contributed by atoms with Gasteiger partial charge in [0.05, 0.1) is 18.2 Å². The Bertz CT molecular complexity index is 1000. The first-order valence-electron chi connectivity index (χ1n) is 9.20. The van der Waals surface area contributed by atoms with E-state index in [2.05, 4.69) is 31.4 Å². The summed E-state index contributed by atoms with van der Waals surface area (Å²) in [7, 11) is 1.58. The molecule has 0 bridgehead atoms. The zero-order valence-electron chi connectivity index (χ0n) is 16.5. The number of aromatic nitrogens is 2. The van der Waals surface area contributed by atoms with E-state index in [4.69, 9.17) is 14.0 Å². The van der Waals surface area contributed by atoms with Crippen molar-refractivity contribution in [3.63, 3.8) is 0 Å². The minimum atomic E-state index is -0.107. The Labute approximate surface area is 177 Å². The Hall–Kier alpha value is -2.87. The number of nitrogens with one attached hydrogen (secondary N) is 1. The van der Waals surface area contributed by atoms with Gasteiger partial charge in [0.2, 0.25) is 17.6 Å². The van der Waals surface area contributed by atoms with Gasteiger partial charge in [-0.15, -0.1) is 0 Å². The summed E-state index contributed by atoms with van der Waals surface area (Å²) in [5.41, 5.74) is 2.53. The Morgan fingerprint density at radius 1 is 1.28 bits per heavy atom. The van der Waals surface area contributed by atoms with Crippen molar-refractivity contribution in [2.45, 2.75) is 26.7 Å². The maximum Gasteiger partial charge on any atom is 0.227 e. The van der Waals surface area contributed by atoms with Gasteiger partial charge in [-0.05, 0) is 53.5 Å². The molecule has 3 rings (SSSR count). The molecule has 2 aromatic carbocycles. The maximum absolute atomic E-state index is 12.2. The van der Waals surface area contributed by atoms with E-state index in [9.17, 15) is 4.79 Å². The zero-order chi connectivity index (χ0) is 20.8. The van der Waals surface area contributed by atoms with Crippen molar-refractivity contribution in [2.24, 2.45) is 0 Å². The summed E-state index contributed by atoms with van der Waals surface area (Å²) in [6, 6.07) is 11.3. The van der Waals surface area contributed by atoms with Crippen LogP contribution in [0.5, 0.6) is 11.5 Å². The molecule has 152 valence electrons. The van der Waals surface area contributed by atoms with Crippen LogP contribution >= 0.6 is 15.9 Å². The topological polar surface area (TPSA) is 86.5 Å². The van der Waals surface area contributed by atoms with Gasteiger partial charge >= 0.3 is 0 Å². The lowest BCUT2D eigenvalue weighted by molar-refractivity contribution is -0.116. The predicted molar refractivity (Wildman–Crippen MR) is 113 cm³/mol. The maximum atomic E-state index is 12.2. The van der Waals surface area contributed by atoms with Crippen LogP contribution in [0.15, 0.2) is 45.4 Å². The van der Waals surface area contributed by atoms with E-state index in [1.54, 1.807) is 13.2 Å². The van der Waals surface area contributed by atoms with Crippen LogP contribution in [-0.4, -0.2) is 29.8 Å². The number of hydrogen-bond donors (Lipinski definition) is 1. The third kappa shape index (κ3) is 5.14. The number of carbonyl (C=O) groups is 1. The van der Waals surface area contributed by atoms with Gasteiger partial charge < -0.3 is 19.3 Å². The standard InChI is InChI=1S/C21H22BrN3O4/c1-4-28-17-12-14(11-15(22)20(17)27-3)21-24-19(29-25-21)10-9-18(26)23-16-8-6-5-7-13(16)2/h5-8,11-12H,4,9-10H2,1-3H3,(H,23,26). The summed E-state index contributed by atoms with van der Waals surface area (Å²) < 4.78 is 17.0. The van der Waals surface area contributed by atoms with Crippen LogP contribution in [0.4, 0.5) is 5.69 Å². The van der Waals surface area contributed by atoms with Gasteiger partial charge in [-0.3, -0.25) is 4.79 Å². The highest BCUT2D eigenvalue weighted by Crippen LogP contribution is 2.39. The lowest BCUT2D eigenvalue weighted by Gasteiger charge is -2.12. The highest BCUT2D eigenvalue weighted by atomic mass is 79.9. The summed E-state index contributed by atoms with van der Waals surface area (Å²) in [5.74, 6) is 1.90. The summed E-state index contributed by atoms with van der Waals surface area (Å²) in [5, 5.41) is 6.92. The van der Waals surface area contributed by atoms with Gasteiger partial charge in [-0.1, -0.05) is 23.4 Å². The van der Waals surface area contributed by atoms with Crippen molar-refractivity contribution in [1.29, 1.82) is 0 Å². The smallest absolute Gasteiger partial charge is 0.227 e. The molecule has 29 heavy (non-hydrogen) atoms. The molecule has 3 aromatic rings.